The molecule has 4 heterocycles. The van der Waals surface area contributed by atoms with E-state index in [1.54, 1.807) is 24.2 Å². The Morgan fingerprint density at radius 3 is 3.11 bits per heavy atom. The molecule has 136 valence electrons. The monoisotopic (exact) mass is 367 g/mol. The minimum absolute atomic E-state index is 0.340. The minimum Gasteiger partial charge on any atom is -0.384 e. The first-order valence-corrected chi connectivity index (χ1v) is 8.31. The third-order valence-corrected chi connectivity index (χ3v) is 4.44. The topological polar surface area (TPSA) is 96.7 Å². The summed E-state index contributed by atoms with van der Waals surface area (Å²) in [5.74, 6) is 1.12. The van der Waals surface area contributed by atoms with Gasteiger partial charge < -0.3 is 9.26 Å². The molecule has 5 rings (SSSR count). The molecule has 0 saturated carbocycles. The van der Waals surface area contributed by atoms with Crippen LogP contribution in [-0.2, 0) is 17.7 Å². The van der Waals surface area contributed by atoms with E-state index in [9.17, 15) is 4.39 Å². The molecule has 10 heteroatoms. The molecule has 0 amide bonds. The highest BCUT2D eigenvalue weighted by Crippen LogP contribution is 2.33. The van der Waals surface area contributed by atoms with Crippen molar-refractivity contribution >= 4 is 0 Å². The molecule has 4 aromatic rings. The molecule has 27 heavy (non-hydrogen) atoms. The van der Waals surface area contributed by atoms with Crippen molar-refractivity contribution in [3.63, 3.8) is 0 Å². The Balaban J connectivity index is 1.65. The molecule has 1 aliphatic heterocycles. The number of halogens is 1. The number of ether oxygens (including phenoxy) is 1. The first kappa shape index (κ1) is 15.8. The van der Waals surface area contributed by atoms with E-state index < -0.39 is 0 Å². The summed E-state index contributed by atoms with van der Waals surface area (Å²) in [7, 11) is 1.61. The van der Waals surface area contributed by atoms with E-state index in [1.165, 1.54) is 18.5 Å². The van der Waals surface area contributed by atoms with E-state index in [0.29, 0.717) is 48.4 Å². The molecular formula is C17H14FN7O2. The van der Waals surface area contributed by atoms with Gasteiger partial charge in [0.25, 0.3) is 0 Å². The van der Waals surface area contributed by atoms with Crippen molar-refractivity contribution in [2.45, 2.75) is 13.0 Å². The fourth-order valence-electron chi connectivity index (χ4n) is 3.19. The first-order chi connectivity index (χ1) is 13.2. The van der Waals surface area contributed by atoms with Crippen LogP contribution in [0.15, 0.2) is 35.4 Å². The molecular weight excluding hydrogens is 353 g/mol. The lowest BCUT2D eigenvalue weighted by Gasteiger charge is -2.08. The van der Waals surface area contributed by atoms with Crippen LogP contribution in [-0.4, -0.2) is 48.2 Å². The number of hydrogen-bond acceptors (Lipinski definition) is 7. The van der Waals surface area contributed by atoms with E-state index in [1.807, 2.05) is 4.57 Å². The number of methoxy groups -OCH3 is 1. The number of fused-ring (bicyclic) bond motifs is 5. The highest BCUT2D eigenvalue weighted by atomic mass is 19.1. The van der Waals surface area contributed by atoms with Crippen LogP contribution >= 0.6 is 0 Å². The van der Waals surface area contributed by atoms with E-state index >= 15 is 0 Å². The molecule has 3 aromatic heterocycles. The highest BCUT2D eigenvalue weighted by molar-refractivity contribution is 5.70. The van der Waals surface area contributed by atoms with Gasteiger partial charge in [0.15, 0.2) is 5.82 Å². The Kier molecular flexibility index (Phi) is 3.57. The van der Waals surface area contributed by atoms with Gasteiger partial charge in [0.2, 0.25) is 11.7 Å². The van der Waals surface area contributed by atoms with Gasteiger partial charge in [-0.05, 0) is 18.2 Å². The lowest BCUT2D eigenvalue weighted by atomic mass is 10.1. The van der Waals surface area contributed by atoms with Gasteiger partial charge in [-0.15, -0.1) is 0 Å². The summed E-state index contributed by atoms with van der Waals surface area (Å²) in [4.78, 5) is 13.2. The smallest absolute Gasteiger partial charge is 0.229 e. The van der Waals surface area contributed by atoms with Crippen LogP contribution in [0.1, 0.15) is 11.6 Å². The van der Waals surface area contributed by atoms with Crippen molar-refractivity contribution in [1.82, 2.24) is 34.5 Å². The molecule has 1 aliphatic rings. The Labute approximate surface area is 152 Å². The van der Waals surface area contributed by atoms with Crippen LogP contribution < -0.4 is 0 Å². The summed E-state index contributed by atoms with van der Waals surface area (Å²) in [6.07, 6.45) is 3.64. The van der Waals surface area contributed by atoms with Crippen LogP contribution in [0.3, 0.4) is 0 Å². The maximum atomic E-state index is 13.9. The van der Waals surface area contributed by atoms with Gasteiger partial charge >= 0.3 is 0 Å². The van der Waals surface area contributed by atoms with Gasteiger partial charge in [0.1, 0.15) is 24.2 Å². The van der Waals surface area contributed by atoms with Crippen LogP contribution in [0.2, 0.25) is 0 Å². The number of benzene rings is 1. The second kappa shape index (κ2) is 6.09. The molecule has 0 N–H and O–H groups in total. The number of rotatable bonds is 4. The Morgan fingerprint density at radius 2 is 2.22 bits per heavy atom. The molecule has 0 atom stereocenters. The van der Waals surface area contributed by atoms with Crippen LogP contribution in [0.25, 0.3) is 28.6 Å². The zero-order valence-corrected chi connectivity index (χ0v) is 14.3. The summed E-state index contributed by atoms with van der Waals surface area (Å²) in [5.41, 5.74) is 2.80. The standard InChI is InChI=1S/C17H14FN7O2/c1-26-5-4-14-22-16(23-27-14)15-13-7-25-17(19-8-21-25)11-6-10(18)2-3-12(11)24(13)9-20-15/h2-3,6,8-9H,4-5,7H2,1H3. The van der Waals surface area contributed by atoms with Gasteiger partial charge in [-0.2, -0.15) is 10.1 Å². The van der Waals surface area contributed by atoms with Crippen LogP contribution in [0.4, 0.5) is 4.39 Å². The van der Waals surface area contributed by atoms with Crippen molar-refractivity contribution < 1.29 is 13.7 Å². The summed E-state index contributed by atoms with van der Waals surface area (Å²) < 4.78 is 27.7. The summed E-state index contributed by atoms with van der Waals surface area (Å²) in [6.45, 7) is 0.882. The van der Waals surface area contributed by atoms with Gasteiger partial charge in [0, 0.05) is 12.7 Å². The molecule has 0 spiro atoms. The maximum absolute atomic E-state index is 13.9. The third kappa shape index (κ3) is 2.53. The summed E-state index contributed by atoms with van der Waals surface area (Å²) in [5, 5.41) is 8.31. The largest absolute Gasteiger partial charge is 0.384 e. The lowest BCUT2D eigenvalue weighted by Crippen LogP contribution is -2.06. The van der Waals surface area contributed by atoms with Crippen molar-refractivity contribution in [2.24, 2.45) is 0 Å². The van der Waals surface area contributed by atoms with E-state index in [2.05, 4.69) is 25.2 Å². The molecule has 0 fully saturated rings. The molecule has 0 bridgehead atoms. The number of nitrogens with zero attached hydrogens (tertiary/aromatic N) is 7. The molecule has 0 aliphatic carbocycles. The van der Waals surface area contributed by atoms with Crippen molar-refractivity contribution in [3.8, 4) is 28.6 Å². The highest BCUT2D eigenvalue weighted by Gasteiger charge is 2.26. The molecule has 1 aromatic carbocycles. The fraction of sp³-hybridized carbons (Fsp3) is 0.235. The van der Waals surface area contributed by atoms with Crippen LogP contribution in [0, 0.1) is 5.82 Å². The average Bonchev–Trinajstić information content (AvgIpc) is 3.39. The second-order valence-electron chi connectivity index (χ2n) is 6.07. The minimum atomic E-state index is -0.340. The Hall–Kier alpha value is -3.40. The van der Waals surface area contributed by atoms with Crippen molar-refractivity contribution in [2.75, 3.05) is 13.7 Å². The summed E-state index contributed by atoms with van der Waals surface area (Å²) >= 11 is 0. The van der Waals surface area contributed by atoms with E-state index in [4.69, 9.17) is 9.26 Å². The lowest BCUT2D eigenvalue weighted by molar-refractivity contribution is 0.192. The number of aromatic nitrogens is 7. The summed E-state index contributed by atoms with van der Waals surface area (Å²) in [6, 6.07) is 4.55. The SMILES string of the molecule is COCCc1nc(-c2ncn3c2Cn2ncnc2-c2cc(F)ccc2-3)no1. The quantitative estimate of drug-likeness (QED) is 0.478. The van der Waals surface area contributed by atoms with Crippen molar-refractivity contribution in [1.29, 1.82) is 0 Å². The van der Waals surface area contributed by atoms with Crippen molar-refractivity contribution in [3.05, 3.63) is 48.3 Å². The zero-order valence-electron chi connectivity index (χ0n) is 14.3. The van der Waals surface area contributed by atoms with E-state index in [-0.39, 0.29) is 5.82 Å². The van der Waals surface area contributed by atoms with Gasteiger partial charge in [-0.1, -0.05) is 5.16 Å². The number of hydrogen-bond donors (Lipinski definition) is 0. The third-order valence-electron chi connectivity index (χ3n) is 4.44. The second-order valence-corrected chi connectivity index (χ2v) is 6.07. The molecule has 9 nitrogen and oxygen atoms in total. The normalized spacial score (nSPS) is 12.4. The molecule has 0 saturated heterocycles. The predicted octanol–water partition coefficient (Wildman–Crippen LogP) is 1.87. The Morgan fingerprint density at radius 1 is 1.30 bits per heavy atom. The average molecular weight is 367 g/mol. The predicted molar refractivity (Wildman–Crippen MR) is 90.5 cm³/mol. The van der Waals surface area contributed by atoms with Gasteiger partial charge in [-0.3, -0.25) is 4.57 Å². The fourth-order valence-corrected chi connectivity index (χ4v) is 3.19. The number of imidazole rings is 1. The first-order valence-electron chi connectivity index (χ1n) is 8.31. The molecule has 0 radical (unpaired) electrons. The van der Waals surface area contributed by atoms with Gasteiger partial charge in [-0.25, -0.2) is 19.0 Å². The van der Waals surface area contributed by atoms with Crippen LogP contribution in [0.5, 0.6) is 0 Å². The maximum Gasteiger partial charge on any atom is 0.229 e. The van der Waals surface area contributed by atoms with E-state index in [0.717, 1.165) is 11.4 Å². The van der Waals surface area contributed by atoms with Gasteiger partial charge in [0.05, 0.1) is 31.0 Å². The zero-order chi connectivity index (χ0) is 18.4. The Bertz CT molecular complexity index is 1130. The molecule has 0 unspecified atom stereocenters.